The standard InChI is InChI=1S/C13H27N3O/c1-5-14-12(16-11(4)10(2)3)15-9-13(17)7-6-8-13/h10-11,17H,5-9H2,1-4H3,(H2,14,15,16). The molecular formula is C13H27N3O. The van der Waals surface area contributed by atoms with E-state index in [-0.39, 0.29) is 0 Å². The highest BCUT2D eigenvalue weighted by Gasteiger charge is 2.34. The summed E-state index contributed by atoms with van der Waals surface area (Å²) >= 11 is 0. The van der Waals surface area contributed by atoms with Gasteiger partial charge in [0.05, 0.1) is 12.1 Å². The van der Waals surface area contributed by atoms with Crippen LogP contribution in [0.5, 0.6) is 0 Å². The molecule has 0 radical (unpaired) electrons. The van der Waals surface area contributed by atoms with Crippen LogP contribution in [-0.4, -0.2) is 35.8 Å². The zero-order chi connectivity index (χ0) is 12.9. The Kier molecular flexibility index (Phi) is 5.25. The minimum absolute atomic E-state index is 0.379. The Balaban J connectivity index is 2.48. The quantitative estimate of drug-likeness (QED) is 0.505. The van der Waals surface area contributed by atoms with Crippen molar-refractivity contribution in [2.75, 3.05) is 13.1 Å². The maximum Gasteiger partial charge on any atom is 0.191 e. The molecule has 0 aromatic carbocycles. The van der Waals surface area contributed by atoms with E-state index in [1.165, 1.54) is 0 Å². The minimum Gasteiger partial charge on any atom is -0.388 e. The number of nitrogens with zero attached hydrogens (tertiary/aromatic N) is 1. The monoisotopic (exact) mass is 241 g/mol. The predicted octanol–water partition coefficient (Wildman–Crippen LogP) is 1.50. The van der Waals surface area contributed by atoms with Crippen LogP contribution in [0.3, 0.4) is 0 Å². The average molecular weight is 241 g/mol. The van der Waals surface area contributed by atoms with Crippen LogP contribution in [0.25, 0.3) is 0 Å². The molecule has 0 aliphatic heterocycles. The Labute approximate surface area is 105 Å². The van der Waals surface area contributed by atoms with Crippen LogP contribution in [0.2, 0.25) is 0 Å². The van der Waals surface area contributed by atoms with Crippen molar-refractivity contribution < 1.29 is 5.11 Å². The van der Waals surface area contributed by atoms with Gasteiger partial charge < -0.3 is 15.7 Å². The molecule has 1 saturated carbocycles. The van der Waals surface area contributed by atoms with Gasteiger partial charge in [0.15, 0.2) is 5.96 Å². The van der Waals surface area contributed by atoms with E-state index in [9.17, 15) is 5.11 Å². The average Bonchev–Trinajstić information content (AvgIpc) is 2.23. The van der Waals surface area contributed by atoms with Gasteiger partial charge in [0.2, 0.25) is 0 Å². The van der Waals surface area contributed by atoms with Crippen LogP contribution in [0.4, 0.5) is 0 Å². The Morgan fingerprint density at radius 3 is 2.41 bits per heavy atom. The van der Waals surface area contributed by atoms with Crippen molar-refractivity contribution in [3.63, 3.8) is 0 Å². The van der Waals surface area contributed by atoms with E-state index in [0.717, 1.165) is 31.8 Å². The molecule has 0 spiro atoms. The third-order valence-electron chi connectivity index (χ3n) is 3.52. The van der Waals surface area contributed by atoms with Crippen molar-refractivity contribution in [3.8, 4) is 0 Å². The molecule has 3 N–H and O–H groups in total. The molecule has 1 aliphatic carbocycles. The molecule has 1 unspecified atom stereocenters. The Hall–Kier alpha value is -0.770. The topological polar surface area (TPSA) is 56.7 Å². The van der Waals surface area contributed by atoms with Gasteiger partial charge in [0.1, 0.15) is 0 Å². The van der Waals surface area contributed by atoms with E-state index < -0.39 is 5.60 Å². The molecule has 0 amide bonds. The maximum atomic E-state index is 10.0. The van der Waals surface area contributed by atoms with Crippen LogP contribution in [0.1, 0.15) is 47.0 Å². The van der Waals surface area contributed by atoms with Crippen LogP contribution in [0, 0.1) is 5.92 Å². The molecule has 1 aliphatic rings. The largest absolute Gasteiger partial charge is 0.388 e. The second-order valence-electron chi connectivity index (χ2n) is 5.45. The lowest BCUT2D eigenvalue weighted by Gasteiger charge is -2.35. The fourth-order valence-electron chi connectivity index (χ4n) is 1.67. The molecule has 0 heterocycles. The Morgan fingerprint density at radius 2 is 2.00 bits per heavy atom. The van der Waals surface area contributed by atoms with Gasteiger partial charge in [-0.15, -0.1) is 0 Å². The Morgan fingerprint density at radius 1 is 1.35 bits per heavy atom. The molecule has 17 heavy (non-hydrogen) atoms. The summed E-state index contributed by atoms with van der Waals surface area (Å²) in [5.74, 6) is 1.37. The first kappa shape index (κ1) is 14.3. The van der Waals surface area contributed by atoms with Gasteiger partial charge in [0, 0.05) is 12.6 Å². The molecule has 4 nitrogen and oxygen atoms in total. The summed E-state index contributed by atoms with van der Waals surface area (Å²) in [6.45, 7) is 9.91. The molecule has 0 bridgehead atoms. The fraction of sp³-hybridized carbons (Fsp3) is 0.923. The van der Waals surface area contributed by atoms with E-state index >= 15 is 0 Å². The number of aliphatic imine (C=N–C) groups is 1. The fourth-order valence-corrected chi connectivity index (χ4v) is 1.67. The summed E-state index contributed by atoms with van der Waals surface area (Å²) in [6.07, 6.45) is 2.89. The first-order chi connectivity index (χ1) is 7.97. The highest BCUT2D eigenvalue weighted by molar-refractivity contribution is 5.80. The third kappa shape index (κ3) is 4.54. The summed E-state index contributed by atoms with van der Waals surface area (Å²) in [6, 6.07) is 0.379. The van der Waals surface area contributed by atoms with Crippen LogP contribution >= 0.6 is 0 Å². The number of rotatable bonds is 5. The van der Waals surface area contributed by atoms with Gasteiger partial charge in [-0.05, 0) is 39.0 Å². The minimum atomic E-state index is -0.538. The summed E-state index contributed by atoms with van der Waals surface area (Å²) < 4.78 is 0. The number of nitrogens with one attached hydrogen (secondary N) is 2. The normalized spacial score (nSPS) is 20.9. The first-order valence-corrected chi connectivity index (χ1v) is 6.74. The zero-order valence-corrected chi connectivity index (χ0v) is 11.6. The maximum absolute atomic E-state index is 10.0. The van der Waals surface area contributed by atoms with Crippen LogP contribution in [0.15, 0.2) is 4.99 Å². The third-order valence-corrected chi connectivity index (χ3v) is 3.52. The molecule has 1 atom stereocenters. The summed E-state index contributed by atoms with van der Waals surface area (Å²) in [4.78, 5) is 4.47. The molecule has 0 aromatic rings. The van der Waals surface area contributed by atoms with Crippen molar-refractivity contribution in [2.24, 2.45) is 10.9 Å². The molecule has 4 heteroatoms. The Bertz CT molecular complexity index is 259. The summed E-state index contributed by atoms with van der Waals surface area (Å²) in [7, 11) is 0. The summed E-state index contributed by atoms with van der Waals surface area (Å²) in [5, 5.41) is 16.6. The van der Waals surface area contributed by atoms with E-state index in [4.69, 9.17) is 0 Å². The van der Waals surface area contributed by atoms with Gasteiger partial charge >= 0.3 is 0 Å². The predicted molar refractivity (Wildman–Crippen MR) is 72.2 cm³/mol. The number of guanidine groups is 1. The van der Waals surface area contributed by atoms with Crippen molar-refractivity contribution in [2.45, 2.75) is 58.6 Å². The number of hydrogen-bond donors (Lipinski definition) is 3. The van der Waals surface area contributed by atoms with Crippen molar-refractivity contribution in [1.29, 1.82) is 0 Å². The van der Waals surface area contributed by atoms with E-state index in [2.05, 4.69) is 43.3 Å². The van der Waals surface area contributed by atoms with Crippen molar-refractivity contribution in [1.82, 2.24) is 10.6 Å². The van der Waals surface area contributed by atoms with Crippen molar-refractivity contribution >= 4 is 5.96 Å². The highest BCUT2D eigenvalue weighted by atomic mass is 16.3. The lowest BCUT2D eigenvalue weighted by Crippen LogP contribution is -2.46. The number of hydrogen-bond acceptors (Lipinski definition) is 2. The van der Waals surface area contributed by atoms with Crippen LogP contribution in [-0.2, 0) is 0 Å². The molecule has 0 saturated heterocycles. The highest BCUT2D eigenvalue weighted by Crippen LogP contribution is 2.31. The van der Waals surface area contributed by atoms with Gasteiger partial charge in [-0.2, -0.15) is 0 Å². The molecular weight excluding hydrogens is 214 g/mol. The van der Waals surface area contributed by atoms with Crippen molar-refractivity contribution in [3.05, 3.63) is 0 Å². The number of aliphatic hydroxyl groups is 1. The van der Waals surface area contributed by atoms with E-state index in [1.54, 1.807) is 0 Å². The SMILES string of the molecule is CCNC(=NCC1(O)CCC1)NC(C)C(C)C. The van der Waals surface area contributed by atoms with Crippen LogP contribution < -0.4 is 10.6 Å². The lowest BCUT2D eigenvalue weighted by atomic mass is 9.80. The molecule has 100 valence electrons. The first-order valence-electron chi connectivity index (χ1n) is 6.74. The summed E-state index contributed by atoms with van der Waals surface area (Å²) in [5.41, 5.74) is -0.538. The lowest BCUT2D eigenvalue weighted by molar-refractivity contribution is -0.0236. The van der Waals surface area contributed by atoms with Gasteiger partial charge in [-0.3, -0.25) is 4.99 Å². The molecule has 1 rings (SSSR count). The second-order valence-corrected chi connectivity index (χ2v) is 5.45. The zero-order valence-electron chi connectivity index (χ0n) is 11.6. The second kappa shape index (κ2) is 6.24. The van der Waals surface area contributed by atoms with E-state index in [1.807, 2.05) is 0 Å². The molecule has 0 aromatic heterocycles. The smallest absolute Gasteiger partial charge is 0.191 e. The van der Waals surface area contributed by atoms with Gasteiger partial charge in [0.25, 0.3) is 0 Å². The molecule has 1 fully saturated rings. The van der Waals surface area contributed by atoms with Gasteiger partial charge in [-0.25, -0.2) is 0 Å². The van der Waals surface area contributed by atoms with E-state index in [0.29, 0.717) is 18.5 Å². The van der Waals surface area contributed by atoms with Gasteiger partial charge in [-0.1, -0.05) is 13.8 Å².